The maximum atomic E-state index is 12.6. The van der Waals surface area contributed by atoms with E-state index in [1.54, 1.807) is 19.1 Å². The Morgan fingerprint density at radius 1 is 0.920 bits per heavy atom. The number of carbonyl (C=O) groups is 2. The van der Waals surface area contributed by atoms with E-state index in [0.717, 1.165) is 30.4 Å². The van der Waals surface area contributed by atoms with Crippen molar-refractivity contribution in [3.05, 3.63) is 69.8 Å². The van der Waals surface area contributed by atoms with Gasteiger partial charge < -0.3 is 9.47 Å². The van der Waals surface area contributed by atoms with Gasteiger partial charge in [-0.05, 0) is 66.6 Å². The van der Waals surface area contributed by atoms with Crippen LogP contribution in [0.3, 0.4) is 0 Å². The van der Waals surface area contributed by atoms with E-state index >= 15 is 0 Å². The zero-order chi connectivity index (χ0) is 17.4. The van der Waals surface area contributed by atoms with Gasteiger partial charge in [0, 0.05) is 5.56 Å². The third-order valence-electron chi connectivity index (χ3n) is 4.99. The summed E-state index contributed by atoms with van der Waals surface area (Å²) in [5.41, 5.74) is 5.73. The molecule has 0 radical (unpaired) electrons. The fourth-order valence-corrected chi connectivity index (χ4v) is 3.54. The van der Waals surface area contributed by atoms with Crippen molar-refractivity contribution < 1.29 is 19.1 Å². The average Bonchev–Trinajstić information content (AvgIpc) is 3.28. The minimum atomic E-state index is -0.809. The van der Waals surface area contributed by atoms with Crippen molar-refractivity contribution >= 4 is 11.8 Å². The van der Waals surface area contributed by atoms with Gasteiger partial charge in [-0.2, -0.15) is 0 Å². The molecule has 4 nitrogen and oxygen atoms in total. The highest BCUT2D eigenvalue weighted by molar-refractivity contribution is 6.01. The minimum absolute atomic E-state index is 0.160. The number of aryl methyl sites for hydroxylation is 2. The molecule has 0 spiro atoms. The molecule has 2 aromatic rings. The van der Waals surface area contributed by atoms with Crippen LogP contribution in [0.2, 0.25) is 0 Å². The van der Waals surface area contributed by atoms with Crippen molar-refractivity contribution in [3.8, 4) is 0 Å². The topological polar surface area (TPSA) is 52.6 Å². The first kappa shape index (κ1) is 16.0. The highest BCUT2D eigenvalue weighted by atomic mass is 16.5. The largest absolute Gasteiger partial charge is 0.451 e. The standard InChI is InChI=1S/C21H20O4/c1-13(20(22)16-6-5-14-3-2-4-15(14)9-16)25-21(23)17-7-8-18-11-24-12-19(18)10-17/h5-10,13H,2-4,11-12H2,1H3. The van der Waals surface area contributed by atoms with Crippen molar-refractivity contribution in [2.45, 2.75) is 45.5 Å². The Morgan fingerprint density at radius 2 is 1.60 bits per heavy atom. The Balaban J connectivity index is 1.46. The van der Waals surface area contributed by atoms with Crippen LogP contribution in [0.4, 0.5) is 0 Å². The second-order valence-corrected chi connectivity index (χ2v) is 6.73. The molecule has 0 N–H and O–H groups in total. The fraction of sp³-hybridized carbons (Fsp3) is 0.333. The van der Waals surface area contributed by atoms with Gasteiger partial charge in [0.15, 0.2) is 6.10 Å². The van der Waals surface area contributed by atoms with Gasteiger partial charge in [-0.3, -0.25) is 4.79 Å². The van der Waals surface area contributed by atoms with E-state index in [4.69, 9.17) is 9.47 Å². The molecule has 1 unspecified atom stereocenters. The SMILES string of the molecule is CC(OC(=O)c1ccc2c(c1)COC2)C(=O)c1ccc2c(c1)CCC2. The quantitative estimate of drug-likeness (QED) is 0.632. The van der Waals surface area contributed by atoms with E-state index in [1.165, 1.54) is 11.1 Å². The smallest absolute Gasteiger partial charge is 0.338 e. The second-order valence-electron chi connectivity index (χ2n) is 6.73. The predicted molar refractivity (Wildman–Crippen MR) is 92.6 cm³/mol. The Hall–Kier alpha value is -2.46. The van der Waals surface area contributed by atoms with E-state index in [1.807, 2.05) is 24.3 Å². The number of fused-ring (bicyclic) bond motifs is 2. The Bertz CT molecular complexity index is 853. The van der Waals surface area contributed by atoms with Crippen LogP contribution in [-0.2, 0) is 35.5 Å². The molecular formula is C21H20O4. The maximum Gasteiger partial charge on any atom is 0.338 e. The van der Waals surface area contributed by atoms with Crippen molar-refractivity contribution in [1.82, 2.24) is 0 Å². The molecule has 0 saturated heterocycles. The maximum absolute atomic E-state index is 12.6. The molecule has 0 bridgehead atoms. The van der Waals surface area contributed by atoms with E-state index in [-0.39, 0.29) is 5.78 Å². The minimum Gasteiger partial charge on any atom is -0.451 e. The zero-order valence-electron chi connectivity index (χ0n) is 14.2. The van der Waals surface area contributed by atoms with Crippen molar-refractivity contribution in [2.24, 2.45) is 0 Å². The molecule has 0 aromatic heterocycles. The van der Waals surface area contributed by atoms with Crippen LogP contribution in [0.5, 0.6) is 0 Å². The second kappa shape index (κ2) is 6.45. The van der Waals surface area contributed by atoms with Gasteiger partial charge in [0.1, 0.15) is 0 Å². The first-order chi connectivity index (χ1) is 12.1. The number of Topliss-reactive ketones (excluding diaryl/α,β-unsaturated/α-hetero) is 1. The van der Waals surface area contributed by atoms with Crippen LogP contribution in [-0.4, -0.2) is 17.9 Å². The Morgan fingerprint density at radius 3 is 2.48 bits per heavy atom. The number of esters is 1. The van der Waals surface area contributed by atoms with Gasteiger partial charge in [-0.1, -0.05) is 18.2 Å². The van der Waals surface area contributed by atoms with E-state index in [9.17, 15) is 9.59 Å². The number of benzene rings is 2. The number of hydrogen-bond donors (Lipinski definition) is 0. The van der Waals surface area contributed by atoms with Gasteiger partial charge in [0.25, 0.3) is 0 Å². The first-order valence-electron chi connectivity index (χ1n) is 8.68. The monoisotopic (exact) mass is 336 g/mol. The lowest BCUT2D eigenvalue weighted by atomic mass is 10.0. The molecule has 25 heavy (non-hydrogen) atoms. The molecule has 1 heterocycles. The van der Waals surface area contributed by atoms with E-state index in [0.29, 0.717) is 24.3 Å². The van der Waals surface area contributed by atoms with Crippen LogP contribution in [0.15, 0.2) is 36.4 Å². The number of hydrogen-bond acceptors (Lipinski definition) is 4. The Labute approximate surface area is 146 Å². The van der Waals surface area contributed by atoms with Gasteiger partial charge in [-0.25, -0.2) is 4.79 Å². The fourth-order valence-electron chi connectivity index (χ4n) is 3.54. The first-order valence-corrected chi connectivity index (χ1v) is 8.68. The van der Waals surface area contributed by atoms with Crippen LogP contribution in [0.1, 0.15) is 56.3 Å². The molecular weight excluding hydrogens is 316 g/mol. The van der Waals surface area contributed by atoms with Crippen LogP contribution in [0, 0.1) is 0 Å². The molecule has 4 heteroatoms. The Kier molecular flexibility index (Phi) is 4.14. The molecule has 0 fully saturated rings. The molecule has 2 aromatic carbocycles. The van der Waals surface area contributed by atoms with Crippen molar-refractivity contribution in [2.75, 3.05) is 0 Å². The third kappa shape index (κ3) is 3.10. The molecule has 1 atom stereocenters. The van der Waals surface area contributed by atoms with Crippen molar-refractivity contribution in [1.29, 1.82) is 0 Å². The lowest BCUT2D eigenvalue weighted by molar-refractivity contribution is 0.0318. The molecule has 2 aliphatic rings. The van der Waals surface area contributed by atoms with Gasteiger partial charge in [-0.15, -0.1) is 0 Å². The summed E-state index contributed by atoms with van der Waals surface area (Å²) in [4.78, 5) is 25.0. The highest BCUT2D eigenvalue weighted by Crippen LogP contribution is 2.24. The summed E-state index contributed by atoms with van der Waals surface area (Å²) < 4.78 is 10.8. The van der Waals surface area contributed by atoms with E-state index < -0.39 is 12.1 Å². The molecule has 4 rings (SSSR count). The van der Waals surface area contributed by atoms with Gasteiger partial charge in [0.05, 0.1) is 18.8 Å². The number of ketones is 1. The predicted octanol–water partition coefficient (Wildman–Crippen LogP) is 3.63. The number of rotatable bonds is 4. The molecule has 128 valence electrons. The summed E-state index contributed by atoms with van der Waals surface area (Å²) in [5, 5.41) is 0. The average molecular weight is 336 g/mol. The summed E-state index contributed by atoms with van der Waals surface area (Å²) in [6.45, 7) is 2.72. The molecule has 1 aliphatic carbocycles. The summed E-state index contributed by atoms with van der Waals surface area (Å²) >= 11 is 0. The third-order valence-corrected chi connectivity index (χ3v) is 4.99. The number of carbonyl (C=O) groups excluding carboxylic acids is 2. The van der Waals surface area contributed by atoms with Gasteiger partial charge in [0.2, 0.25) is 5.78 Å². The summed E-state index contributed by atoms with van der Waals surface area (Å²) in [5.74, 6) is -0.635. The summed E-state index contributed by atoms with van der Waals surface area (Å²) in [6.07, 6.45) is 2.43. The number of ether oxygens (including phenoxy) is 2. The normalized spacial score (nSPS) is 16.2. The lowest BCUT2D eigenvalue weighted by Gasteiger charge is -2.13. The zero-order valence-corrected chi connectivity index (χ0v) is 14.2. The van der Waals surface area contributed by atoms with Gasteiger partial charge >= 0.3 is 5.97 Å². The lowest BCUT2D eigenvalue weighted by Crippen LogP contribution is -2.24. The summed E-state index contributed by atoms with van der Waals surface area (Å²) in [7, 11) is 0. The van der Waals surface area contributed by atoms with Crippen molar-refractivity contribution in [3.63, 3.8) is 0 Å². The van der Waals surface area contributed by atoms with E-state index in [2.05, 4.69) is 0 Å². The van der Waals surface area contributed by atoms with Crippen LogP contribution in [0.25, 0.3) is 0 Å². The molecule has 0 saturated carbocycles. The summed E-state index contributed by atoms with van der Waals surface area (Å²) in [6, 6.07) is 11.2. The van der Waals surface area contributed by atoms with Crippen LogP contribution >= 0.6 is 0 Å². The molecule has 0 amide bonds. The van der Waals surface area contributed by atoms with Crippen LogP contribution < -0.4 is 0 Å². The molecule has 1 aliphatic heterocycles. The highest BCUT2D eigenvalue weighted by Gasteiger charge is 2.23.